The Morgan fingerprint density at radius 1 is 1.09 bits per heavy atom. The molecule has 0 aliphatic rings. The number of methoxy groups -OCH3 is 1. The molecule has 118 valence electrons. The summed E-state index contributed by atoms with van der Waals surface area (Å²) in [5.41, 5.74) is 0.483. The fourth-order valence-corrected chi connectivity index (χ4v) is 1.93. The standard InChI is InChI=1S/C15H13N3O5/c1-10-14(7-12(17(19)20)8-15(10)18(21)22)16-9-11-3-5-13(23-2)6-4-11/h3-9H,1-2H3. The number of non-ortho nitro benzene ring substituents is 1. The maximum Gasteiger partial charge on any atom is 0.281 e. The van der Waals surface area contributed by atoms with E-state index in [4.69, 9.17) is 4.74 Å². The van der Waals surface area contributed by atoms with Crippen LogP contribution in [0.4, 0.5) is 17.1 Å². The second kappa shape index (κ2) is 6.65. The van der Waals surface area contributed by atoms with Crippen LogP contribution < -0.4 is 4.74 Å². The predicted octanol–water partition coefficient (Wildman–Crippen LogP) is 3.57. The van der Waals surface area contributed by atoms with Gasteiger partial charge in [-0.15, -0.1) is 0 Å². The lowest BCUT2D eigenvalue weighted by Gasteiger charge is -2.02. The highest BCUT2D eigenvalue weighted by Gasteiger charge is 2.20. The lowest BCUT2D eigenvalue weighted by atomic mass is 10.1. The van der Waals surface area contributed by atoms with Crippen LogP contribution in [0, 0.1) is 27.2 Å². The van der Waals surface area contributed by atoms with Crippen molar-refractivity contribution in [2.24, 2.45) is 4.99 Å². The Morgan fingerprint density at radius 2 is 1.74 bits per heavy atom. The fraction of sp³-hybridized carbons (Fsp3) is 0.133. The summed E-state index contributed by atoms with van der Waals surface area (Å²) in [5, 5.41) is 21.9. The molecule has 0 radical (unpaired) electrons. The Morgan fingerprint density at radius 3 is 2.26 bits per heavy atom. The van der Waals surface area contributed by atoms with Crippen LogP contribution in [0.1, 0.15) is 11.1 Å². The predicted molar refractivity (Wildman–Crippen MR) is 84.7 cm³/mol. The largest absolute Gasteiger partial charge is 0.497 e. The summed E-state index contributed by atoms with van der Waals surface area (Å²) in [6.45, 7) is 1.50. The molecule has 0 saturated carbocycles. The molecule has 0 aliphatic carbocycles. The SMILES string of the molecule is COc1ccc(C=Nc2cc([N+](=O)[O-])cc([N+](=O)[O-])c2C)cc1. The molecule has 2 aromatic carbocycles. The van der Waals surface area contributed by atoms with E-state index in [1.54, 1.807) is 31.4 Å². The number of benzene rings is 2. The third-order valence-electron chi connectivity index (χ3n) is 3.21. The van der Waals surface area contributed by atoms with Gasteiger partial charge in [0, 0.05) is 12.3 Å². The van der Waals surface area contributed by atoms with Gasteiger partial charge in [-0.05, 0) is 36.8 Å². The number of nitro benzene ring substituents is 2. The zero-order valence-electron chi connectivity index (χ0n) is 12.4. The van der Waals surface area contributed by atoms with E-state index in [-0.39, 0.29) is 22.6 Å². The second-order valence-electron chi connectivity index (χ2n) is 4.65. The van der Waals surface area contributed by atoms with Crippen molar-refractivity contribution in [1.29, 1.82) is 0 Å². The monoisotopic (exact) mass is 315 g/mol. The normalized spacial score (nSPS) is 10.7. The third kappa shape index (κ3) is 3.67. The van der Waals surface area contributed by atoms with Crippen LogP contribution in [0.2, 0.25) is 0 Å². The summed E-state index contributed by atoms with van der Waals surface area (Å²) in [7, 11) is 1.55. The van der Waals surface area contributed by atoms with Gasteiger partial charge in [0.2, 0.25) is 0 Å². The molecule has 0 bridgehead atoms. The van der Waals surface area contributed by atoms with Crippen LogP contribution in [0.25, 0.3) is 0 Å². The van der Waals surface area contributed by atoms with Gasteiger partial charge in [-0.25, -0.2) is 0 Å². The number of rotatable bonds is 5. The summed E-state index contributed by atoms with van der Waals surface area (Å²) in [5.74, 6) is 0.685. The highest BCUT2D eigenvalue weighted by Crippen LogP contribution is 2.33. The first-order valence-electron chi connectivity index (χ1n) is 6.54. The van der Waals surface area contributed by atoms with Gasteiger partial charge in [-0.3, -0.25) is 25.2 Å². The first kappa shape index (κ1) is 16.1. The number of hydrogen-bond acceptors (Lipinski definition) is 6. The summed E-state index contributed by atoms with van der Waals surface area (Å²) in [6.07, 6.45) is 1.48. The fourth-order valence-electron chi connectivity index (χ4n) is 1.93. The maximum atomic E-state index is 11.0. The Kier molecular flexibility index (Phi) is 4.65. The summed E-state index contributed by atoms with van der Waals surface area (Å²) >= 11 is 0. The van der Waals surface area contributed by atoms with Crippen LogP contribution in [-0.4, -0.2) is 23.2 Å². The molecule has 0 saturated heterocycles. The second-order valence-corrected chi connectivity index (χ2v) is 4.65. The van der Waals surface area contributed by atoms with Crippen LogP contribution >= 0.6 is 0 Å². The number of ether oxygens (including phenoxy) is 1. The molecule has 8 heteroatoms. The highest BCUT2D eigenvalue weighted by molar-refractivity contribution is 5.83. The van der Waals surface area contributed by atoms with Crippen LogP contribution in [0.5, 0.6) is 5.75 Å². The van der Waals surface area contributed by atoms with Gasteiger partial charge in [0.05, 0.1) is 34.3 Å². The first-order valence-corrected chi connectivity index (χ1v) is 6.54. The number of aliphatic imine (C=N–C) groups is 1. The molecule has 23 heavy (non-hydrogen) atoms. The lowest BCUT2D eigenvalue weighted by Crippen LogP contribution is -1.96. The first-order chi connectivity index (χ1) is 10.9. The molecular formula is C15H13N3O5. The lowest BCUT2D eigenvalue weighted by molar-refractivity contribution is -0.394. The number of nitro groups is 2. The van der Waals surface area contributed by atoms with Gasteiger partial charge in [0.25, 0.3) is 11.4 Å². The molecule has 2 rings (SSSR count). The minimum Gasteiger partial charge on any atom is -0.497 e. The Labute approximate surface area is 131 Å². The van der Waals surface area contributed by atoms with E-state index >= 15 is 0 Å². The summed E-state index contributed by atoms with van der Waals surface area (Å²) < 4.78 is 5.04. The molecule has 8 nitrogen and oxygen atoms in total. The molecule has 2 aromatic rings. The van der Waals surface area contributed by atoms with Crippen LogP contribution in [0.3, 0.4) is 0 Å². The Bertz CT molecular complexity index is 784. The van der Waals surface area contributed by atoms with Crippen molar-refractivity contribution in [1.82, 2.24) is 0 Å². The van der Waals surface area contributed by atoms with Crippen molar-refractivity contribution in [3.63, 3.8) is 0 Å². The molecular weight excluding hydrogens is 302 g/mol. The van der Waals surface area contributed by atoms with E-state index < -0.39 is 9.85 Å². The van der Waals surface area contributed by atoms with Gasteiger partial charge < -0.3 is 4.74 Å². The molecule has 0 aromatic heterocycles. The number of hydrogen-bond donors (Lipinski definition) is 0. The maximum absolute atomic E-state index is 11.0. The van der Waals surface area contributed by atoms with E-state index in [1.165, 1.54) is 19.2 Å². The minimum atomic E-state index is -0.682. The zero-order valence-corrected chi connectivity index (χ0v) is 12.4. The quantitative estimate of drug-likeness (QED) is 0.476. The smallest absolute Gasteiger partial charge is 0.281 e. The van der Waals surface area contributed by atoms with Crippen LogP contribution in [0.15, 0.2) is 41.4 Å². The van der Waals surface area contributed by atoms with Gasteiger partial charge in [-0.1, -0.05) is 0 Å². The van der Waals surface area contributed by atoms with Gasteiger partial charge in [-0.2, -0.15) is 0 Å². The molecule has 0 fully saturated rings. The highest BCUT2D eigenvalue weighted by atomic mass is 16.6. The van der Waals surface area contributed by atoms with E-state index in [2.05, 4.69) is 4.99 Å². The van der Waals surface area contributed by atoms with Gasteiger partial charge in [0.15, 0.2) is 0 Å². The molecule has 0 heterocycles. The van der Waals surface area contributed by atoms with Crippen molar-refractivity contribution in [2.45, 2.75) is 6.92 Å². The van der Waals surface area contributed by atoms with E-state index in [1.807, 2.05) is 0 Å². The molecule has 0 aliphatic heterocycles. The van der Waals surface area contributed by atoms with E-state index in [9.17, 15) is 20.2 Å². The average Bonchev–Trinajstić information content (AvgIpc) is 2.53. The molecule has 0 N–H and O–H groups in total. The van der Waals surface area contributed by atoms with Crippen molar-refractivity contribution in [3.8, 4) is 5.75 Å². The molecule has 0 atom stereocenters. The summed E-state index contributed by atoms with van der Waals surface area (Å²) in [6, 6.07) is 9.13. The zero-order chi connectivity index (χ0) is 17.0. The third-order valence-corrected chi connectivity index (χ3v) is 3.21. The molecule has 0 spiro atoms. The van der Waals surface area contributed by atoms with Crippen molar-refractivity contribution in [3.05, 3.63) is 67.8 Å². The number of nitrogens with zero attached hydrogens (tertiary/aromatic N) is 3. The van der Waals surface area contributed by atoms with Crippen LogP contribution in [-0.2, 0) is 0 Å². The van der Waals surface area contributed by atoms with E-state index in [0.29, 0.717) is 5.75 Å². The Hall–Kier alpha value is -3.29. The topological polar surface area (TPSA) is 108 Å². The van der Waals surface area contributed by atoms with E-state index in [0.717, 1.165) is 11.6 Å². The average molecular weight is 315 g/mol. The van der Waals surface area contributed by atoms with Gasteiger partial charge >= 0.3 is 0 Å². The summed E-state index contributed by atoms with van der Waals surface area (Å²) in [4.78, 5) is 24.7. The van der Waals surface area contributed by atoms with Crippen molar-refractivity contribution >= 4 is 23.3 Å². The molecule has 0 amide bonds. The van der Waals surface area contributed by atoms with Crippen molar-refractivity contribution in [2.75, 3.05) is 7.11 Å². The minimum absolute atomic E-state index is 0.182. The Balaban J connectivity index is 2.42. The van der Waals surface area contributed by atoms with Crippen molar-refractivity contribution < 1.29 is 14.6 Å². The van der Waals surface area contributed by atoms with Gasteiger partial charge in [0.1, 0.15) is 5.75 Å². The molecule has 0 unspecified atom stereocenters.